The zero-order valence-electron chi connectivity index (χ0n) is 17.8. The van der Waals surface area contributed by atoms with Crippen molar-refractivity contribution in [3.05, 3.63) is 75.3 Å². The molecule has 156 valence electrons. The monoisotopic (exact) mass is 403 g/mol. The molecule has 30 heavy (non-hydrogen) atoms. The zero-order valence-corrected chi connectivity index (χ0v) is 17.8. The Morgan fingerprint density at radius 3 is 2.80 bits per heavy atom. The van der Waals surface area contributed by atoms with Crippen LogP contribution in [0.5, 0.6) is 0 Å². The van der Waals surface area contributed by atoms with E-state index >= 15 is 0 Å². The average Bonchev–Trinajstić information content (AvgIpc) is 2.75. The highest BCUT2D eigenvalue weighted by Gasteiger charge is 2.14. The van der Waals surface area contributed by atoms with E-state index in [0.717, 1.165) is 23.1 Å². The van der Waals surface area contributed by atoms with Gasteiger partial charge in [-0.25, -0.2) is 4.98 Å². The summed E-state index contributed by atoms with van der Waals surface area (Å²) in [5.41, 5.74) is 5.73. The van der Waals surface area contributed by atoms with Gasteiger partial charge in [-0.05, 0) is 74.3 Å². The molecule has 0 radical (unpaired) electrons. The minimum Gasteiger partial charge on any atom is -0.350 e. The number of amides is 1. The molecule has 0 saturated heterocycles. The number of carbonyl (C=O) groups is 1. The molecule has 0 fully saturated rings. The Balaban J connectivity index is 1.33. The van der Waals surface area contributed by atoms with Gasteiger partial charge in [0.1, 0.15) is 0 Å². The number of hydrogen-bond acceptors (Lipinski definition) is 3. The third-order valence-corrected chi connectivity index (χ3v) is 6.11. The van der Waals surface area contributed by atoms with Crippen LogP contribution in [0.1, 0.15) is 60.9 Å². The predicted molar refractivity (Wildman–Crippen MR) is 120 cm³/mol. The maximum atomic E-state index is 12.7. The van der Waals surface area contributed by atoms with Crippen molar-refractivity contribution in [2.75, 3.05) is 0 Å². The highest BCUT2D eigenvalue weighted by Crippen LogP contribution is 2.24. The number of aromatic nitrogens is 2. The van der Waals surface area contributed by atoms with Gasteiger partial charge >= 0.3 is 0 Å². The molecule has 1 aliphatic rings. The molecular weight excluding hydrogens is 374 g/mol. The van der Waals surface area contributed by atoms with Crippen LogP contribution in [0.25, 0.3) is 10.9 Å². The summed E-state index contributed by atoms with van der Waals surface area (Å²) < 4.78 is 1.60. The molecule has 2 aromatic carbocycles. The number of rotatable bonds is 6. The second-order valence-electron chi connectivity index (χ2n) is 8.34. The fourth-order valence-corrected chi connectivity index (χ4v) is 4.33. The number of aryl methyl sites for hydroxylation is 4. The Bertz CT molecular complexity index is 1130. The molecular formula is C25H29N3O2. The van der Waals surface area contributed by atoms with Gasteiger partial charge < -0.3 is 5.32 Å². The van der Waals surface area contributed by atoms with Gasteiger partial charge in [0.05, 0.1) is 23.3 Å². The van der Waals surface area contributed by atoms with E-state index < -0.39 is 0 Å². The van der Waals surface area contributed by atoms with E-state index in [-0.39, 0.29) is 17.5 Å². The summed E-state index contributed by atoms with van der Waals surface area (Å²) in [7, 11) is 0. The van der Waals surface area contributed by atoms with Crippen LogP contribution in [0.3, 0.4) is 0 Å². The van der Waals surface area contributed by atoms with Crippen LogP contribution in [0.2, 0.25) is 0 Å². The molecule has 1 amide bonds. The van der Waals surface area contributed by atoms with Crippen molar-refractivity contribution in [3.8, 4) is 0 Å². The van der Waals surface area contributed by atoms with Gasteiger partial charge in [-0.1, -0.05) is 30.3 Å². The summed E-state index contributed by atoms with van der Waals surface area (Å²) in [6.45, 7) is 4.46. The number of carbonyl (C=O) groups excluding carboxylic acids is 1. The molecule has 0 spiro atoms. The lowest BCUT2D eigenvalue weighted by Crippen LogP contribution is -2.27. The second kappa shape index (κ2) is 8.82. The predicted octanol–water partition coefficient (Wildman–Crippen LogP) is 4.24. The van der Waals surface area contributed by atoms with E-state index in [1.54, 1.807) is 17.0 Å². The highest BCUT2D eigenvalue weighted by molar-refractivity contribution is 5.80. The minimum absolute atomic E-state index is 0.0119. The molecule has 4 rings (SSSR count). The first-order valence-corrected chi connectivity index (χ1v) is 10.9. The first kappa shape index (κ1) is 20.3. The van der Waals surface area contributed by atoms with Gasteiger partial charge in [0.15, 0.2) is 0 Å². The third-order valence-electron chi connectivity index (χ3n) is 6.11. The van der Waals surface area contributed by atoms with Crippen molar-refractivity contribution < 1.29 is 4.79 Å². The van der Waals surface area contributed by atoms with Gasteiger partial charge in [0.2, 0.25) is 5.91 Å². The highest BCUT2D eigenvalue weighted by atomic mass is 16.1. The molecule has 0 unspecified atom stereocenters. The molecule has 0 saturated carbocycles. The number of nitrogens with one attached hydrogen (secondary N) is 1. The number of hydrogen-bond donors (Lipinski definition) is 1. The van der Waals surface area contributed by atoms with Crippen LogP contribution in [0, 0.1) is 6.92 Å². The zero-order chi connectivity index (χ0) is 21.1. The standard InChI is InChI=1S/C25H29N3O2/c1-17-7-5-10-22-24(17)26-16-28(25(22)30)14-6-11-23(29)27-18(2)20-13-12-19-8-3-4-9-21(19)15-20/h5,7,10,12-13,15-16,18H,3-4,6,8-9,11,14H2,1-2H3,(H,27,29)/t18-/m1/s1. The van der Waals surface area contributed by atoms with Crippen LogP contribution in [-0.2, 0) is 24.2 Å². The van der Waals surface area contributed by atoms with Gasteiger partial charge in [0, 0.05) is 13.0 Å². The largest absolute Gasteiger partial charge is 0.350 e. The number of benzene rings is 2. The Morgan fingerprint density at radius 1 is 1.17 bits per heavy atom. The summed E-state index contributed by atoms with van der Waals surface area (Å²) >= 11 is 0. The average molecular weight is 404 g/mol. The van der Waals surface area contributed by atoms with E-state index in [4.69, 9.17) is 0 Å². The molecule has 5 heteroatoms. The van der Waals surface area contributed by atoms with Gasteiger partial charge in [-0.15, -0.1) is 0 Å². The summed E-state index contributed by atoms with van der Waals surface area (Å²) in [6.07, 6.45) is 7.39. The van der Waals surface area contributed by atoms with Crippen LogP contribution in [0.15, 0.2) is 47.5 Å². The summed E-state index contributed by atoms with van der Waals surface area (Å²) in [5, 5.41) is 3.73. The molecule has 1 aromatic heterocycles. The topological polar surface area (TPSA) is 64.0 Å². The second-order valence-corrected chi connectivity index (χ2v) is 8.34. The minimum atomic E-state index is -0.0495. The third kappa shape index (κ3) is 4.30. The molecule has 1 heterocycles. The molecule has 5 nitrogen and oxygen atoms in total. The molecule has 1 aliphatic carbocycles. The van der Waals surface area contributed by atoms with Crippen molar-refractivity contribution >= 4 is 16.8 Å². The van der Waals surface area contributed by atoms with E-state index in [1.807, 2.05) is 26.0 Å². The summed E-state index contributed by atoms with van der Waals surface area (Å²) in [6, 6.07) is 12.2. The Kier molecular flexibility index (Phi) is 5.98. The summed E-state index contributed by atoms with van der Waals surface area (Å²) in [4.78, 5) is 29.5. The fourth-order valence-electron chi connectivity index (χ4n) is 4.33. The lowest BCUT2D eigenvalue weighted by molar-refractivity contribution is -0.121. The van der Waals surface area contributed by atoms with Crippen LogP contribution < -0.4 is 10.9 Å². The van der Waals surface area contributed by atoms with E-state index in [0.29, 0.717) is 24.8 Å². The Morgan fingerprint density at radius 2 is 1.97 bits per heavy atom. The SMILES string of the molecule is Cc1cccc2c(=O)n(CCCC(=O)N[C@H](C)c3ccc4c(c3)CCCC4)cnc12. The van der Waals surface area contributed by atoms with Gasteiger partial charge in [-0.2, -0.15) is 0 Å². The quantitative estimate of drug-likeness (QED) is 0.669. The lowest BCUT2D eigenvalue weighted by atomic mass is 9.89. The number of fused-ring (bicyclic) bond motifs is 2. The van der Waals surface area contributed by atoms with Crippen molar-refractivity contribution in [2.24, 2.45) is 0 Å². The van der Waals surface area contributed by atoms with Gasteiger partial charge in [0.25, 0.3) is 5.56 Å². The molecule has 1 atom stereocenters. The molecule has 3 aromatic rings. The van der Waals surface area contributed by atoms with Crippen LogP contribution in [0.4, 0.5) is 0 Å². The summed E-state index contributed by atoms with van der Waals surface area (Å²) in [5.74, 6) is 0.0119. The molecule has 0 bridgehead atoms. The van der Waals surface area contributed by atoms with E-state index in [1.165, 1.54) is 30.4 Å². The fraction of sp³-hybridized carbons (Fsp3) is 0.400. The maximum absolute atomic E-state index is 12.7. The number of nitrogens with zero attached hydrogens (tertiary/aromatic N) is 2. The normalized spacial score (nSPS) is 14.3. The first-order valence-electron chi connectivity index (χ1n) is 10.9. The smallest absolute Gasteiger partial charge is 0.261 e. The molecule has 0 aliphatic heterocycles. The first-order chi connectivity index (χ1) is 14.5. The Labute approximate surface area is 177 Å². The van der Waals surface area contributed by atoms with E-state index in [2.05, 4.69) is 28.5 Å². The van der Waals surface area contributed by atoms with Crippen LogP contribution >= 0.6 is 0 Å². The van der Waals surface area contributed by atoms with Crippen molar-refractivity contribution in [2.45, 2.75) is 65.0 Å². The van der Waals surface area contributed by atoms with Crippen LogP contribution in [-0.4, -0.2) is 15.5 Å². The van der Waals surface area contributed by atoms with Crippen molar-refractivity contribution in [1.82, 2.24) is 14.9 Å². The van der Waals surface area contributed by atoms with Gasteiger partial charge in [-0.3, -0.25) is 14.2 Å². The maximum Gasteiger partial charge on any atom is 0.261 e. The molecule has 1 N–H and O–H groups in total. The lowest BCUT2D eigenvalue weighted by Gasteiger charge is -2.20. The van der Waals surface area contributed by atoms with Crippen molar-refractivity contribution in [1.29, 1.82) is 0 Å². The van der Waals surface area contributed by atoms with Crippen molar-refractivity contribution in [3.63, 3.8) is 0 Å². The Hall–Kier alpha value is -2.95. The number of para-hydroxylation sites is 1. The van der Waals surface area contributed by atoms with E-state index in [9.17, 15) is 9.59 Å².